The fourth-order valence-corrected chi connectivity index (χ4v) is 3.02. The van der Waals surface area contributed by atoms with Gasteiger partial charge in [0.2, 0.25) is 10.0 Å². The number of carbonyl (C=O) groups is 1. The van der Waals surface area contributed by atoms with E-state index in [4.69, 9.17) is 16.7 Å². The van der Waals surface area contributed by atoms with Crippen LogP contribution in [0.4, 0.5) is 5.69 Å². The van der Waals surface area contributed by atoms with Gasteiger partial charge in [-0.2, -0.15) is 0 Å². The zero-order valence-corrected chi connectivity index (χ0v) is 12.5. The number of hydrogen-bond donors (Lipinski definition) is 1. The van der Waals surface area contributed by atoms with E-state index in [0.717, 1.165) is 25.0 Å². The molecule has 0 saturated heterocycles. The van der Waals surface area contributed by atoms with Crippen LogP contribution in [0.2, 0.25) is 5.02 Å². The standard InChI is InChI=1S/C11H12ClN3O5S/c1-14(7-2-3-7)11(16)6-4-8(15(17)18)10(12)9(5-6)21(13,19)20/h4-5,7H,2-3H2,1H3,(H2,13,19,20). The lowest BCUT2D eigenvalue weighted by atomic mass is 10.1. The number of rotatable bonds is 4. The molecule has 1 aliphatic rings. The molecule has 1 saturated carbocycles. The number of carbonyl (C=O) groups excluding carboxylic acids is 1. The van der Waals surface area contributed by atoms with Crippen molar-refractivity contribution in [2.45, 2.75) is 23.8 Å². The van der Waals surface area contributed by atoms with Gasteiger partial charge in [0.25, 0.3) is 11.6 Å². The SMILES string of the molecule is CN(C(=O)c1cc([N+](=O)[O-])c(Cl)c(S(N)(=O)=O)c1)C1CC1. The Morgan fingerprint density at radius 1 is 1.48 bits per heavy atom. The van der Waals surface area contributed by atoms with Gasteiger partial charge in [0, 0.05) is 24.7 Å². The average Bonchev–Trinajstić information content (AvgIpc) is 3.19. The van der Waals surface area contributed by atoms with Crippen molar-refractivity contribution in [1.82, 2.24) is 4.90 Å². The summed E-state index contributed by atoms with van der Waals surface area (Å²) in [5.41, 5.74) is -0.805. The maximum Gasteiger partial charge on any atom is 0.290 e. The molecule has 8 nitrogen and oxygen atoms in total. The summed E-state index contributed by atoms with van der Waals surface area (Å²) >= 11 is 5.69. The van der Waals surface area contributed by atoms with Gasteiger partial charge in [0.1, 0.15) is 9.92 Å². The second-order valence-corrected chi connectivity index (χ2v) is 6.66. The fourth-order valence-electron chi connectivity index (χ4n) is 1.88. The van der Waals surface area contributed by atoms with E-state index in [-0.39, 0.29) is 11.6 Å². The van der Waals surface area contributed by atoms with Crippen molar-refractivity contribution in [3.05, 3.63) is 32.8 Å². The van der Waals surface area contributed by atoms with E-state index in [1.54, 1.807) is 7.05 Å². The smallest absolute Gasteiger partial charge is 0.290 e. The van der Waals surface area contributed by atoms with E-state index in [1.807, 2.05) is 0 Å². The molecule has 1 aromatic rings. The van der Waals surface area contributed by atoms with Crippen molar-refractivity contribution in [3.8, 4) is 0 Å². The first-order valence-electron chi connectivity index (χ1n) is 5.91. The maximum atomic E-state index is 12.2. The van der Waals surface area contributed by atoms with Crippen LogP contribution in [0.25, 0.3) is 0 Å². The third-order valence-corrected chi connectivity index (χ3v) is 4.63. The molecular formula is C11H12ClN3O5S. The van der Waals surface area contributed by atoms with Crippen LogP contribution < -0.4 is 5.14 Å². The zero-order chi connectivity index (χ0) is 15.9. The topological polar surface area (TPSA) is 124 Å². The molecule has 0 aliphatic heterocycles. The molecule has 0 spiro atoms. The monoisotopic (exact) mass is 333 g/mol. The highest BCUT2D eigenvalue weighted by atomic mass is 35.5. The second kappa shape index (κ2) is 5.24. The minimum atomic E-state index is -4.28. The Kier molecular flexibility index (Phi) is 3.91. The molecule has 1 fully saturated rings. The second-order valence-electron chi connectivity index (χ2n) is 4.76. The molecule has 1 amide bonds. The van der Waals surface area contributed by atoms with Crippen LogP contribution >= 0.6 is 11.6 Å². The number of halogens is 1. The Morgan fingerprint density at radius 3 is 2.48 bits per heavy atom. The summed E-state index contributed by atoms with van der Waals surface area (Å²) in [4.78, 5) is 23.1. The molecule has 0 radical (unpaired) electrons. The first-order chi connectivity index (χ1) is 9.62. The summed E-state index contributed by atoms with van der Waals surface area (Å²) in [6.45, 7) is 0. The highest BCUT2D eigenvalue weighted by Crippen LogP contribution is 2.33. The van der Waals surface area contributed by atoms with E-state index in [0.29, 0.717) is 0 Å². The molecule has 0 heterocycles. The summed E-state index contributed by atoms with van der Waals surface area (Å²) in [5, 5.41) is 15.3. The van der Waals surface area contributed by atoms with Crippen LogP contribution in [0.5, 0.6) is 0 Å². The number of benzene rings is 1. The van der Waals surface area contributed by atoms with Crippen molar-refractivity contribution in [2.24, 2.45) is 5.14 Å². The van der Waals surface area contributed by atoms with Gasteiger partial charge in [0.05, 0.1) is 4.92 Å². The number of nitrogens with two attached hydrogens (primary N) is 1. The fraction of sp³-hybridized carbons (Fsp3) is 0.364. The van der Waals surface area contributed by atoms with E-state index < -0.39 is 36.5 Å². The quantitative estimate of drug-likeness (QED) is 0.653. The molecule has 0 aromatic heterocycles. The Bertz CT molecular complexity index is 730. The third kappa shape index (κ3) is 3.14. The molecule has 0 bridgehead atoms. The molecule has 21 heavy (non-hydrogen) atoms. The van der Waals surface area contributed by atoms with E-state index in [9.17, 15) is 23.3 Å². The van der Waals surface area contributed by atoms with Crippen LogP contribution in [0.15, 0.2) is 17.0 Å². The van der Waals surface area contributed by atoms with Gasteiger partial charge in [-0.05, 0) is 18.9 Å². The van der Waals surface area contributed by atoms with Gasteiger partial charge < -0.3 is 4.90 Å². The van der Waals surface area contributed by atoms with Crippen molar-refractivity contribution in [2.75, 3.05) is 7.05 Å². The van der Waals surface area contributed by atoms with Gasteiger partial charge in [-0.15, -0.1) is 0 Å². The van der Waals surface area contributed by atoms with Gasteiger partial charge in [-0.3, -0.25) is 14.9 Å². The summed E-state index contributed by atoms with van der Waals surface area (Å²) in [6.07, 6.45) is 1.69. The molecule has 2 N–H and O–H groups in total. The van der Waals surface area contributed by atoms with Crippen molar-refractivity contribution < 1.29 is 18.1 Å². The lowest BCUT2D eigenvalue weighted by Crippen LogP contribution is -2.29. The van der Waals surface area contributed by atoms with Crippen LogP contribution in [0.3, 0.4) is 0 Å². The molecule has 1 aromatic carbocycles. The number of hydrogen-bond acceptors (Lipinski definition) is 5. The Labute approximate surface area is 125 Å². The van der Waals surface area contributed by atoms with E-state index in [1.165, 1.54) is 4.90 Å². The number of primary sulfonamides is 1. The Morgan fingerprint density at radius 2 is 2.05 bits per heavy atom. The normalized spacial score (nSPS) is 14.8. The summed E-state index contributed by atoms with van der Waals surface area (Å²) in [7, 11) is -2.73. The molecule has 10 heteroatoms. The van der Waals surface area contributed by atoms with Crippen LogP contribution in [0, 0.1) is 10.1 Å². The van der Waals surface area contributed by atoms with Gasteiger partial charge in [0.15, 0.2) is 0 Å². The minimum Gasteiger partial charge on any atom is -0.339 e. The predicted octanol–water partition coefficient (Wildman–Crippen LogP) is 1.13. The first kappa shape index (κ1) is 15.7. The Balaban J connectivity index is 2.59. The van der Waals surface area contributed by atoms with Crippen molar-refractivity contribution in [1.29, 1.82) is 0 Å². The summed E-state index contributed by atoms with van der Waals surface area (Å²) < 4.78 is 22.9. The first-order valence-corrected chi connectivity index (χ1v) is 7.83. The zero-order valence-electron chi connectivity index (χ0n) is 10.9. The van der Waals surface area contributed by atoms with Crippen LogP contribution in [-0.4, -0.2) is 37.2 Å². The Hall–Kier alpha value is -1.71. The number of nitro benzene ring substituents is 1. The lowest BCUT2D eigenvalue weighted by molar-refractivity contribution is -0.384. The molecule has 114 valence electrons. The number of nitrogens with zero attached hydrogens (tertiary/aromatic N) is 2. The van der Waals surface area contributed by atoms with Crippen LogP contribution in [-0.2, 0) is 10.0 Å². The minimum absolute atomic E-state index is 0.0742. The summed E-state index contributed by atoms with van der Waals surface area (Å²) in [5.74, 6) is -0.512. The molecule has 0 unspecified atom stereocenters. The maximum absolute atomic E-state index is 12.2. The van der Waals surface area contributed by atoms with Gasteiger partial charge in [-0.1, -0.05) is 11.6 Å². The van der Waals surface area contributed by atoms with E-state index in [2.05, 4.69) is 0 Å². The highest BCUT2D eigenvalue weighted by molar-refractivity contribution is 7.89. The molecule has 1 aliphatic carbocycles. The summed E-state index contributed by atoms with van der Waals surface area (Å²) in [6, 6.07) is 1.99. The molecule has 0 atom stereocenters. The van der Waals surface area contributed by atoms with Crippen molar-refractivity contribution >= 4 is 33.2 Å². The predicted molar refractivity (Wildman–Crippen MR) is 74.6 cm³/mol. The average molecular weight is 334 g/mol. The number of amides is 1. The molecule has 2 rings (SSSR count). The van der Waals surface area contributed by atoms with Gasteiger partial charge in [-0.25, -0.2) is 13.6 Å². The molecular weight excluding hydrogens is 322 g/mol. The number of sulfonamides is 1. The van der Waals surface area contributed by atoms with Gasteiger partial charge >= 0.3 is 0 Å². The lowest BCUT2D eigenvalue weighted by Gasteiger charge is -2.16. The largest absolute Gasteiger partial charge is 0.339 e. The van der Waals surface area contributed by atoms with E-state index >= 15 is 0 Å². The van der Waals surface area contributed by atoms with Crippen LogP contribution in [0.1, 0.15) is 23.2 Å². The third-order valence-electron chi connectivity index (χ3n) is 3.19. The van der Waals surface area contributed by atoms with Crippen molar-refractivity contribution in [3.63, 3.8) is 0 Å². The number of nitro groups is 1. The highest BCUT2D eigenvalue weighted by Gasteiger charge is 2.32.